The van der Waals surface area contributed by atoms with Gasteiger partial charge in [-0.2, -0.15) is 4.98 Å². The summed E-state index contributed by atoms with van der Waals surface area (Å²) in [5.74, 6) is 2.67. The minimum absolute atomic E-state index is 0.141. The van der Waals surface area contributed by atoms with Gasteiger partial charge in [0.15, 0.2) is 17.3 Å². The first-order valence-electron chi connectivity index (χ1n) is 7.29. The Hall–Kier alpha value is -1.60. The molecule has 0 atom stereocenters. The van der Waals surface area contributed by atoms with Crippen LogP contribution in [0.15, 0.2) is 21.1 Å². The number of nitrogens with zero attached hydrogens (tertiary/aromatic N) is 2. The van der Waals surface area contributed by atoms with Crippen LogP contribution in [0.4, 0.5) is 0 Å². The van der Waals surface area contributed by atoms with Gasteiger partial charge in [0.05, 0.1) is 20.8 Å². The van der Waals surface area contributed by atoms with Crippen LogP contribution in [0, 0.1) is 0 Å². The Morgan fingerprint density at radius 2 is 1.78 bits per heavy atom. The zero-order valence-electron chi connectivity index (χ0n) is 14.1. The fraction of sp³-hybridized carbons (Fsp3) is 0.500. The molecule has 6 nitrogen and oxygen atoms in total. The molecule has 0 radical (unpaired) electrons. The largest absolute Gasteiger partial charge is 0.493 e. The summed E-state index contributed by atoms with van der Waals surface area (Å²) in [5.41, 5.74) is 0.916. The highest BCUT2D eigenvalue weighted by Crippen LogP contribution is 2.33. The molecule has 1 aromatic heterocycles. The quantitative estimate of drug-likeness (QED) is 0.823. The molecule has 0 unspecified atom stereocenters. The second-order valence-electron chi connectivity index (χ2n) is 6.17. The molecule has 0 saturated carbocycles. The van der Waals surface area contributed by atoms with Gasteiger partial charge in [0.2, 0.25) is 5.89 Å². The van der Waals surface area contributed by atoms with Gasteiger partial charge >= 0.3 is 0 Å². The summed E-state index contributed by atoms with van der Waals surface area (Å²) in [6, 6.07) is 3.83. The van der Waals surface area contributed by atoms with Crippen LogP contribution in [0.25, 0.3) is 0 Å². The molecule has 0 amide bonds. The van der Waals surface area contributed by atoms with E-state index in [0.717, 1.165) is 10.0 Å². The summed E-state index contributed by atoms with van der Waals surface area (Å²) in [7, 11) is 3.24. The second-order valence-corrected chi connectivity index (χ2v) is 7.02. The smallest absolute Gasteiger partial charge is 0.232 e. The fourth-order valence-electron chi connectivity index (χ4n) is 1.97. The molecule has 0 spiro atoms. The van der Waals surface area contributed by atoms with E-state index in [9.17, 15) is 0 Å². The molecule has 1 N–H and O–H groups in total. The number of rotatable bonds is 6. The van der Waals surface area contributed by atoms with Crippen molar-refractivity contribution in [1.29, 1.82) is 0 Å². The van der Waals surface area contributed by atoms with Crippen molar-refractivity contribution >= 4 is 15.9 Å². The molecule has 2 aromatic rings. The molecule has 1 aromatic carbocycles. The summed E-state index contributed by atoms with van der Waals surface area (Å²) in [6.07, 6.45) is 0. The maximum absolute atomic E-state index is 5.32. The van der Waals surface area contributed by atoms with Gasteiger partial charge < -0.3 is 19.3 Å². The lowest BCUT2D eigenvalue weighted by molar-refractivity contribution is 0.317. The number of halogens is 1. The van der Waals surface area contributed by atoms with Crippen LogP contribution in [0.3, 0.4) is 0 Å². The van der Waals surface area contributed by atoms with Gasteiger partial charge in [-0.3, -0.25) is 0 Å². The van der Waals surface area contributed by atoms with Gasteiger partial charge in [-0.15, -0.1) is 0 Å². The van der Waals surface area contributed by atoms with Crippen LogP contribution < -0.4 is 14.8 Å². The Morgan fingerprint density at radius 1 is 1.13 bits per heavy atom. The van der Waals surface area contributed by atoms with Gasteiger partial charge in [-0.05, 0) is 17.7 Å². The average Bonchev–Trinajstić information content (AvgIpc) is 2.97. The van der Waals surface area contributed by atoms with E-state index in [1.54, 1.807) is 14.2 Å². The van der Waals surface area contributed by atoms with E-state index < -0.39 is 0 Å². The number of aromatic nitrogens is 2. The molecule has 126 valence electrons. The summed E-state index contributed by atoms with van der Waals surface area (Å²) in [5, 5.41) is 7.29. The number of benzene rings is 1. The van der Waals surface area contributed by atoms with E-state index in [4.69, 9.17) is 14.0 Å². The molecule has 0 saturated heterocycles. The molecule has 23 heavy (non-hydrogen) atoms. The minimum atomic E-state index is -0.141. The molecular weight excluding hydrogens is 362 g/mol. The molecule has 1 heterocycles. The van der Waals surface area contributed by atoms with Crippen molar-refractivity contribution in [2.75, 3.05) is 14.2 Å². The van der Waals surface area contributed by atoms with Gasteiger partial charge in [-0.25, -0.2) is 0 Å². The lowest BCUT2D eigenvalue weighted by Gasteiger charge is -2.12. The number of methoxy groups -OCH3 is 2. The maximum atomic E-state index is 5.32. The van der Waals surface area contributed by atoms with Gasteiger partial charge in [0.25, 0.3) is 0 Å². The van der Waals surface area contributed by atoms with Crippen molar-refractivity contribution in [1.82, 2.24) is 15.5 Å². The molecule has 0 fully saturated rings. The second kappa shape index (κ2) is 7.31. The third-order valence-corrected chi connectivity index (χ3v) is 4.00. The Bertz CT molecular complexity index is 665. The van der Waals surface area contributed by atoms with Crippen molar-refractivity contribution in [3.8, 4) is 11.5 Å². The number of ether oxygens (including phenoxy) is 2. The van der Waals surface area contributed by atoms with Crippen LogP contribution in [0.5, 0.6) is 11.5 Å². The lowest BCUT2D eigenvalue weighted by atomic mass is 9.97. The zero-order chi connectivity index (χ0) is 17.0. The zero-order valence-corrected chi connectivity index (χ0v) is 15.7. The van der Waals surface area contributed by atoms with E-state index in [0.29, 0.717) is 36.3 Å². The maximum Gasteiger partial charge on any atom is 0.232 e. The fourth-order valence-corrected chi connectivity index (χ4v) is 2.43. The summed E-state index contributed by atoms with van der Waals surface area (Å²) < 4.78 is 16.8. The minimum Gasteiger partial charge on any atom is -0.493 e. The number of hydrogen-bond donors (Lipinski definition) is 1. The van der Waals surface area contributed by atoms with Crippen LogP contribution in [0.2, 0.25) is 0 Å². The van der Waals surface area contributed by atoms with Crippen molar-refractivity contribution in [2.24, 2.45) is 0 Å². The van der Waals surface area contributed by atoms with Gasteiger partial charge in [-0.1, -0.05) is 41.9 Å². The Balaban J connectivity index is 2.00. The molecule has 0 bridgehead atoms. The van der Waals surface area contributed by atoms with Crippen LogP contribution >= 0.6 is 15.9 Å². The summed E-state index contributed by atoms with van der Waals surface area (Å²) in [4.78, 5) is 4.40. The molecule has 0 aliphatic carbocycles. The van der Waals surface area contributed by atoms with Crippen molar-refractivity contribution < 1.29 is 14.0 Å². The van der Waals surface area contributed by atoms with Gasteiger partial charge in [0.1, 0.15) is 0 Å². The topological polar surface area (TPSA) is 69.4 Å². The van der Waals surface area contributed by atoms with Crippen molar-refractivity contribution in [3.63, 3.8) is 0 Å². The third-order valence-electron chi connectivity index (χ3n) is 3.26. The molecule has 2 rings (SSSR count). The predicted molar refractivity (Wildman–Crippen MR) is 90.8 cm³/mol. The number of nitrogens with one attached hydrogen (secondary N) is 1. The van der Waals surface area contributed by atoms with E-state index in [2.05, 4.69) is 31.4 Å². The first-order chi connectivity index (χ1) is 10.8. The van der Waals surface area contributed by atoms with E-state index in [1.807, 2.05) is 32.9 Å². The van der Waals surface area contributed by atoms with Crippen molar-refractivity contribution in [2.45, 2.75) is 39.3 Å². The standard InChI is InChI=1S/C16H22BrN3O3/c1-16(2,3)15-19-14(20-23-15)9-18-8-10-6-12(21-4)13(22-5)7-11(10)17/h6-7,18H,8-9H2,1-5H3. The number of hydrogen-bond acceptors (Lipinski definition) is 6. The van der Waals surface area contributed by atoms with Crippen LogP contribution in [0.1, 0.15) is 38.0 Å². The first-order valence-corrected chi connectivity index (χ1v) is 8.08. The van der Waals surface area contributed by atoms with E-state index >= 15 is 0 Å². The SMILES string of the molecule is COc1cc(Br)c(CNCc2noc(C(C)(C)C)n2)cc1OC. The van der Waals surface area contributed by atoms with Crippen molar-refractivity contribution in [3.05, 3.63) is 33.9 Å². The average molecular weight is 384 g/mol. The molecule has 0 aliphatic rings. The third kappa shape index (κ3) is 4.45. The van der Waals surface area contributed by atoms with E-state index in [-0.39, 0.29) is 5.41 Å². The van der Waals surface area contributed by atoms with Crippen LogP contribution in [-0.4, -0.2) is 24.4 Å². The molecule has 7 heteroatoms. The first kappa shape index (κ1) is 17.7. The Morgan fingerprint density at radius 3 is 2.35 bits per heavy atom. The highest BCUT2D eigenvalue weighted by molar-refractivity contribution is 9.10. The molecular formula is C16H22BrN3O3. The highest BCUT2D eigenvalue weighted by Gasteiger charge is 2.21. The normalized spacial score (nSPS) is 11.6. The van der Waals surface area contributed by atoms with E-state index in [1.165, 1.54) is 0 Å². The molecule has 0 aliphatic heterocycles. The Labute approximate surface area is 144 Å². The monoisotopic (exact) mass is 383 g/mol. The Kier molecular flexibility index (Phi) is 5.64. The van der Waals surface area contributed by atoms with Crippen LogP contribution in [-0.2, 0) is 18.5 Å². The lowest BCUT2D eigenvalue weighted by Crippen LogP contribution is -2.15. The summed E-state index contributed by atoms with van der Waals surface area (Å²) >= 11 is 3.54. The van der Waals surface area contributed by atoms with Gasteiger partial charge in [0, 0.05) is 16.4 Å². The summed E-state index contributed by atoms with van der Waals surface area (Å²) in [6.45, 7) is 7.29. The highest BCUT2D eigenvalue weighted by atomic mass is 79.9. The predicted octanol–water partition coefficient (Wildman–Crippen LogP) is 3.44.